The van der Waals surface area contributed by atoms with Crippen molar-refractivity contribution in [3.8, 4) is 0 Å². The third-order valence-corrected chi connectivity index (χ3v) is 5.67. The molecule has 0 heterocycles. The number of hydrogen-bond donors (Lipinski definition) is 2. The zero-order chi connectivity index (χ0) is 15.8. The van der Waals surface area contributed by atoms with Gasteiger partial charge in [0.25, 0.3) is 10.0 Å². The predicted octanol–water partition coefficient (Wildman–Crippen LogP) is 4.39. The average molecular weight is 459 g/mol. The van der Waals surface area contributed by atoms with E-state index in [4.69, 9.17) is 17.3 Å². The Morgan fingerprint density at radius 2 is 1.81 bits per heavy atom. The van der Waals surface area contributed by atoms with Crippen molar-refractivity contribution in [3.63, 3.8) is 0 Å². The van der Waals surface area contributed by atoms with Crippen LogP contribution >= 0.6 is 43.5 Å². The van der Waals surface area contributed by atoms with E-state index in [0.717, 1.165) is 6.07 Å². The Hall–Kier alpha value is -0.830. The van der Waals surface area contributed by atoms with E-state index in [0.29, 0.717) is 9.50 Å². The second-order valence-corrected chi connectivity index (χ2v) is 7.82. The lowest BCUT2D eigenvalue weighted by molar-refractivity contribution is 0.567. The molecule has 0 radical (unpaired) electrons. The molecule has 2 aromatic carbocycles. The average Bonchev–Trinajstić information content (AvgIpc) is 2.37. The quantitative estimate of drug-likeness (QED) is 0.671. The molecular formula is C12H8Br2ClFN2O2S. The van der Waals surface area contributed by atoms with E-state index in [9.17, 15) is 12.8 Å². The van der Waals surface area contributed by atoms with Crippen LogP contribution in [0.4, 0.5) is 15.8 Å². The van der Waals surface area contributed by atoms with Crippen molar-refractivity contribution in [1.29, 1.82) is 0 Å². The highest BCUT2D eigenvalue weighted by Gasteiger charge is 2.22. The highest BCUT2D eigenvalue weighted by Crippen LogP contribution is 2.30. The minimum atomic E-state index is -4.13. The maximum atomic E-state index is 14.0. The minimum absolute atomic E-state index is 0.0308. The standard InChI is InChI=1S/C12H8Br2ClFN2O2S/c13-8-2-1-7(5-10(8)15)18-21(19,20)11-4-6(17)3-9(14)12(11)16/h1-5,18H,17H2. The van der Waals surface area contributed by atoms with Crippen molar-refractivity contribution >= 4 is 64.9 Å². The SMILES string of the molecule is Nc1cc(Br)c(F)c(S(=O)(=O)Nc2ccc(Br)c(Cl)c2)c1. The van der Waals surface area contributed by atoms with Crippen LogP contribution in [0.1, 0.15) is 0 Å². The fraction of sp³-hybridized carbons (Fsp3) is 0. The third kappa shape index (κ3) is 3.68. The summed E-state index contributed by atoms with van der Waals surface area (Å²) in [6, 6.07) is 6.80. The lowest BCUT2D eigenvalue weighted by atomic mass is 10.3. The van der Waals surface area contributed by atoms with Gasteiger partial charge in [-0.1, -0.05) is 11.6 Å². The minimum Gasteiger partial charge on any atom is -0.399 e. The van der Waals surface area contributed by atoms with E-state index in [1.807, 2.05) is 0 Å². The smallest absolute Gasteiger partial charge is 0.264 e. The van der Waals surface area contributed by atoms with Gasteiger partial charge in [0.1, 0.15) is 4.90 Å². The zero-order valence-corrected chi connectivity index (χ0v) is 14.9. The molecule has 9 heteroatoms. The van der Waals surface area contributed by atoms with E-state index in [1.165, 1.54) is 18.2 Å². The van der Waals surface area contributed by atoms with Crippen LogP contribution in [0.5, 0.6) is 0 Å². The number of sulfonamides is 1. The predicted molar refractivity (Wildman–Crippen MR) is 88.5 cm³/mol. The summed E-state index contributed by atoms with van der Waals surface area (Å²) < 4.78 is 41.3. The maximum absolute atomic E-state index is 14.0. The van der Waals surface area contributed by atoms with Gasteiger partial charge in [-0.3, -0.25) is 4.72 Å². The molecule has 112 valence electrons. The largest absolute Gasteiger partial charge is 0.399 e. The first-order valence-corrected chi connectivity index (χ1v) is 8.88. The van der Waals surface area contributed by atoms with Crippen LogP contribution < -0.4 is 10.5 Å². The molecule has 0 bridgehead atoms. The second kappa shape index (κ2) is 6.12. The van der Waals surface area contributed by atoms with Gasteiger partial charge in [-0.05, 0) is 62.2 Å². The van der Waals surface area contributed by atoms with Crippen LogP contribution in [-0.4, -0.2) is 8.42 Å². The van der Waals surface area contributed by atoms with Crippen LogP contribution in [0.2, 0.25) is 5.02 Å². The number of rotatable bonds is 3. The number of hydrogen-bond acceptors (Lipinski definition) is 3. The van der Waals surface area contributed by atoms with Gasteiger partial charge in [0.15, 0.2) is 5.82 Å². The van der Waals surface area contributed by atoms with Crippen molar-refractivity contribution in [2.75, 3.05) is 10.5 Å². The Kier molecular flexibility index (Phi) is 4.82. The molecule has 0 fully saturated rings. The Balaban J connectivity index is 2.45. The molecule has 0 aromatic heterocycles. The lowest BCUT2D eigenvalue weighted by Crippen LogP contribution is -2.15. The highest BCUT2D eigenvalue weighted by molar-refractivity contribution is 9.10. The molecule has 2 rings (SSSR count). The van der Waals surface area contributed by atoms with Crippen molar-refractivity contribution in [1.82, 2.24) is 0 Å². The number of nitrogen functional groups attached to an aromatic ring is 1. The van der Waals surface area contributed by atoms with Crippen molar-refractivity contribution in [2.45, 2.75) is 4.90 Å². The summed E-state index contributed by atoms with van der Waals surface area (Å²) in [7, 11) is -4.13. The molecule has 0 aliphatic rings. The monoisotopic (exact) mass is 456 g/mol. The summed E-state index contributed by atoms with van der Waals surface area (Å²) in [6.45, 7) is 0. The van der Waals surface area contributed by atoms with Gasteiger partial charge in [-0.2, -0.15) is 0 Å². The summed E-state index contributed by atoms with van der Waals surface area (Å²) in [5.74, 6) is -0.917. The van der Waals surface area contributed by atoms with Crippen molar-refractivity contribution in [3.05, 3.63) is 50.1 Å². The van der Waals surface area contributed by atoms with Gasteiger partial charge in [-0.25, -0.2) is 12.8 Å². The highest BCUT2D eigenvalue weighted by atomic mass is 79.9. The van der Waals surface area contributed by atoms with Gasteiger partial charge in [0, 0.05) is 10.2 Å². The first kappa shape index (κ1) is 16.5. The van der Waals surface area contributed by atoms with Crippen LogP contribution in [0, 0.1) is 5.82 Å². The first-order valence-electron chi connectivity index (χ1n) is 5.43. The molecule has 0 saturated heterocycles. The van der Waals surface area contributed by atoms with E-state index in [2.05, 4.69) is 36.6 Å². The molecule has 3 N–H and O–H groups in total. The summed E-state index contributed by atoms with van der Waals surface area (Å²) >= 11 is 12.0. The topological polar surface area (TPSA) is 72.2 Å². The number of anilines is 2. The molecule has 0 saturated carbocycles. The molecule has 0 spiro atoms. The third-order valence-electron chi connectivity index (χ3n) is 2.48. The molecule has 0 atom stereocenters. The summed E-state index contributed by atoms with van der Waals surface area (Å²) in [4.78, 5) is -0.548. The molecule has 21 heavy (non-hydrogen) atoms. The van der Waals surface area contributed by atoms with Gasteiger partial charge < -0.3 is 5.73 Å². The Labute approximate surface area is 142 Å². The van der Waals surface area contributed by atoms with Gasteiger partial charge in [0.05, 0.1) is 15.2 Å². The Morgan fingerprint density at radius 1 is 1.14 bits per heavy atom. The first-order chi connectivity index (χ1) is 9.70. The van der Waals surface area contributed by atoms with E-state index in [-0.39, 0.29) is 15.8 Å². The summed E-state index contributed by atoms with van der Waals surface area (Å²) in [5, 5.41) is 0.324. The summed E-state index contributed by atoms with van der Waals surface area (Å²) in [5.41, 5.74) is 5.88. The van der Waals surface area contributed by atoms with E-state index in [1.54, 1.807) is 6.07 Å². The van der Waals surface area contributed by atoms with Gasteiger partial charge in [-0.15, -0.1) is 0 Å². The van der Waals surface area contributed by atoms with E-state index < -0.39 is 20.7 Å². The Morgan fingerprint density at radius 3 is 2.43 bits per heavy atom. The molecule has 0 amide bonds. The van der Waals surface area contributed by atoms with Gasteiger partial charge in [0.2, 0.25) is 0 Å². The van der Waals surface area contributed by atoms with E-state index >= 15 is 0 Å². The number of nitrogens with two attached hydrogens (primary N) is 1. The molecule has 0 aliphatic heterocycles. The van der Waals surface area contributed by atoms with Crippen LogP contribution in [-0.2, 0) is 10.0 Å². The molecule has 0 unspecified atom stereocenters. The molecule has 4 nitrogen and oxygen atoms in total. The van der Waals surface area contributed by atoms with Crippen LogP contribution in [0.25, 0.3) is 0 Å². The lowest BCUT2D eigenvalue weighted by Gasteiger charge is -2.11. The summed E-state index contributed by atoms with van der Waals surface area (Å²) in [6.07, 6.45) is 0. The Bertz CT molecular complexity index is 815. The normalized spacial score (nSPS) is 11.4. The fourth-order valence-corrected chi connectivity index (χ4v) is 3.77. The zero-order valence-electron chi connectivity index (χ0n) is 10.2. The second-order valence-electron chi connectivity index (χ2n) is 4.05. The van der Waals surface area contributed by atoms with Crippen LogP contribution in [0.3, 0.4) is 0 Å². The van der Waals surface area contributed by atoms with Crippen LogP contribution in [0.15, 0.2) is 44.2 Å². The fourth-order valence-electron chi connectivity index (χ4n) is 1.55. The van der Waals surface area contributed by atoms with Gasteiger partial charge >= 0.3 is 0 Å². The molecule has 2 aromatic rings. The maximum Gasteiger partial charge on any atom is 0.264 e. The molecular weight excluding hydrogens is 450 g/mol. The number of benzene rings is 2. The molecule has 0 aliphatic carbocycles. The van der Waals surface area contributed by atoms with Crippen molar-refractivity contribution < 1.29 is 12.8 Å². The number of nitrogens with one attached hydrogen (secondary N) is 1. The number of halogens is 4. The van der Waals surface area contributed by atoms with Crippen molar-refractivity contribution in [2.24, 2.45) is 0 Å².